The minimum Gasteiger partial charge on any atom is -0.481 e. The normalized spacial score (nSPS) is 11.4. The van der Waals surface area contributed by atoms with Crippen molar-refractivity contribution in [3.8, 4) is 0 Å². The monoisotopic (exact) mass is 288 g/mol. The van der Waals surface area contributed by atoms with Crippen LogP contribution in [0.15, 0.2) is 11.1 Å². The highest BCUT2D eigenvalue weighted by atomic mass is 16.4. The van der Waals surface area contributed by atoms with E-state index in [9.17, 15) is 19.2 Å². The Bertz CT molecular complexity index is 432. The molecular weight excluding hydrogens is 272 g/mol. The van der Waals surface area contributed by atoms with Crippen molar-refractivity contribution in [2.75, 3.05) is 0 Å². The van der Waals surface area contributed by atoms with Crippen LogP contribution in [-0.4, -0.2) is 44.3 Å². The van der Waals surface area contributed by atoms with Gasteiger partial charge in [0, 0.05) is 0 Å². The van der Waals surface area contributed by atoms with E-state index < -0.39 is 40.9 Å². The Morgan fingerprint density at radius 2 is 1.35 bits per heavy atom. The molecule has 0 aliphatic heterocycles. The molecule has 0 aliphatic carbocycles. The number of aliphatic carboxylic acids is 4. The molecule has 0 aromatic rings. The number of rotatable bonds is 9. The van der Waals surface area contributed by atoms with E-state index in [4.69, 9.17) is 20.4 Å². The fraction of sp³-hybridized carbons (Fsp3) is 0.500. The van der Waals surface area contributed by atoms with Crippen molar-refractivity contribution in [3.05, 3.63) is 11.1 Å². The van der Waals surface area contributed by atoms with Gasteiger partial charge in [0.05, 0.1) is 11.5 Å². The summed E-state index contributed by atoms with van der Waals surface area (Å²) in [5, 5.41) is 35.5. The number of hydrogen-bond donors (Lipinski definition) is 4. The molecule has 4 N–H and O–H groups in total. The lowest BCUT2D eigenvalue weighted by atomic mass is 9.89. The van der Waals surface area contributed by atoms with Crippen LogP contribution in [0.2, 0.25) is 0 Å². The molecule has 0 aromatic heterocycles. The minimum atomic E-state index is -1.98. The van der Waals surface area contributed by atoms with Gasteiger partial charge in [-0.05, 0) is 6.42 Å². The molecule has 0 heterocycles. The number of unbranched alkanes of at least 4 members (excludes halogenated alkanes) is 2. The highest BCUT2D eigenvalue weighted by Gasteiger charge is 2.35. The Balaban J connectivity index is 5.76. The maximum atomic E-state index is 11.1. The average Bonchev–Trinajstić information content (AvgIpc) is 2.30. The molecule has 0 fully saturated rings. The van der Waals surface area contributed by atoms with E-state index in [0.717, 1.165) is 6.42 Å². The standard InChI is InChI=1S/C12H16O8/c1-2-3-4-5-6(9(13)14)7(10(15)16)8(11(17)18)12(19)20/h6H,2-5H2,1H3,(H,13,14)(H,15,16)(H,17,18)(H,19,20). The molecule has 0 bridgehead atoms. The van der Waals surface area contributed by atoms with E-state index in [-0.39, 0.29) is 6.42 Å². The summed E-state index contributed by atoms with van der Waals surface area (Å²) in [6, 6.07) is 0. The Kier molecular flexibility index (Phi) is 6.98. The number of carboxylic acids is 4. The van der Waals surface area contributed by atoms with Gasteiger partial charge in [-0.2, -0.15) is 0 Å². The molecule has 8 heteroatoms. The Morgan fingerprint density at radius 3 is 1.65 bits per heavy atom. The lowest BCUT2D eigenvalue weighted by Gasteiger charge is -2.14. The molecule has 0 saturated heterocycles. The van der Waals surface area contributed by atoms with E-state index in [1.807, 2.05) is 6.92 Å². The van der Waals surface area contributed by atoms with Gasteiger partial charge in [-0.25, -0.2) is 14.4 Å². The zero-order chi connectivity index (χ0) is 15.9. The van der Waals surface area contributed by atoms with Crippen molar-refractivity contribution in [2.45, 2.75) is 32.6 Å². The zero-order valence-corrected chi connectivity index (χ0v) is 10.8. The molecule has 112 valence electrons. The third kappa shape index (κ3) is 4.71. The second-order valence-corrected chi connectivity index (χ2v) is 4.09. The molecule has 1 atom stereocenters. The van der Waals surface area contributed by atoms with E-state index >= 15 is 0 Å². The number of carbonyl (C=O) groups is 4. The topological polar surface area (TPSA) is 149 Å². The Hall–Kier alpha value is -2.38. The van der Waals surface area contributed by atoms with Gasteiger partial charge in [0.1, 0.15) is 0 Å². The van der Waals surface area contributed by atoms with Gasteiger partial charge in [-0.1, -0.05) is 26.2 Å². The second-order valence-electron chi connectivity index (χ2n) is 4.09. The van der Waals surface area contributed by atoms with Crippen LogP contribution in [-0.2, 0) is 19.2 Å². The first-order chi connectivity index (χ1) is 9.23. The Labute approximate surface area is 114 Å². The summed E-state index contributed by atoms with van der Waals surface area (Å²) in [4.78, 5) is 43.9. The summed E-state index contributed by atoms with van der Waals surface area (Å²) >= 11 is 0. The summed E-state index contributed by atoms with van der Waals surface area (Å²) in [6.45, 7) is 1.85. The number of carboxylic acid groups (broad SMARTS) is 4. The summed E-state index contributed by atoms with van der Waals surface area (Å²) in [5.74, 6) is -9.03. The lowest BCUT2D eigenvalue weighted by Crippen LogP contribution is -2.28. The van der Waals surface area contributed by atoms with Crippen molar-refractivity contribution in [1.29, 1.82) is 0 Å². The van der Waals surface area contributed by atoms with E-state index in [1.54, 1.807) is 0 Å². The van der Waals surface area contributed by atoms with Crippen molar-refractivity contribution in [2.24, 2.45) is 5.92 Å². The fourth-order valence-corrected chi connectivity index (χ4v) is 1.74. The summed E-state index contributed by atoms with van der Waals surface area (Å²) < 4.78 is 0. The summed E-state index contributed by atoms with van der Waals surface area (Å²) in [7, 11) is 0. The SMILES string of the molecule is CCCCCC(C(=O)O)C(C(=O)O)=C(C(=O)O)C(=O)O. The molecule has 8 nitrogen and oxygen atoms in total. The van der Waals surface area contributed by atoms with Gasteiger partial charge >= 0.3 is 23.9 Å². The summed E-state index contributed by atoms with van der Waals surface area (Å²) in [5.41, 5.74) is -2.52. The first kappa shape index (κ1) is 17.6. The van der Waals surface area contributed by atoms with Crippen LogP contribution >= 0.6 is 0 Å². The molecule has 0 saturated carbocycles. The third-order valence-corrected chi connectivity index (χ3v) is 2.67. The van der Waals surface area contributed by atoms with Gasteiger partial charge in [-0.15, -0.1) is 0 Å². The van der Waals surface area contributed by atoms with E-state index in [0.29, 0.717) is 12.8 Å². The predicted octanol–water partition coefficient (Wildman–Crippen LogP) is 0.818. The van der Waals surface area contributed by atoms with Crippen molar-refractivity contribution >= 4 is 23.9 Å². The van der Waals surface area contributed by atoms with Crippen LogP contribution in [0.25, 0.3) is 0 Å². The molecule has 1 unspecified atom stereocenters. The van der Waals surface area contributed by atoms with E-state index in [2.05, 4.69) is 0 Å². The smallest absolute Gasteiger partial charge is 0.343 e. The summed E-state index contributed by atoms with van der Waals surface area (Å²) in [6.07, 6.45) is 1.61. The van der Waals surface area contributed by atoms with Crippen LogP contribution in [0.5, 0.6) is 0 Å². The predicted molar refractivity (Wildman–Crippen MR) is 65.2 cm³/mol. The maximum Gasteiger partial charge on any atom is 0.343 e. The van der Waals surface area contributed by atoms with Gasteiger partial charge < -0.3 is 20.4 Å². The third-order valence-electron chi connectivity index (χ3n) is 2.67. The highest BCUT2D eigenvalue weighted by Crippen LogP contribution is 2.23. The second kappa shape index (κ2) is 7.93. The molecule has 20 heavy (non-hydrogen) atoms. The highest BCUT2D eigenvalue weighted by molar-refractivity contribution is 6.18. The van der Waals surface area contributed by atoms with Crippen molar-refractivity contribution in [1.82, 2.24) is 0 Å². The number of hydrogen-bond acceptors (Lipinski definition) is 4. The maximum absolute atomic E-state index is 11.1. The van der Waals surface area contributed by atoms with Gasteiger partial charge in [0.15, 0.2) is 5.57 Å². The van der Waals surface area contributed by atoms with E-state index in [1.165, 1.54) is 0 Å². The largest absolute Gasteiger partial charge is 0.481 e. The molecule has 0 radical (unpaired) electrons. The average molecular weight is 288 g/mol. The fourth-order valence-electron chi connectivity index (χ4n) is 1.74. The van der Waals surface area contributed by atoms with Crippen LogP contribution in [0.4, 0.5) is 0 Å². The molecule has 0 aromatic carbocycles. The molecular formula is C12H16O8. The van der Waals surface area contributed by atoms with Crippen molar-refractivity contribution < 1.29 is 39.6 Å². The van der Waals surface area contributed by atoms with Crippen LogP contribution < -0.4 is 0 Å². The molecule has 0 aliphatic rings. The van der Waals surface area contributed by atoms with Crippen LogP contribution in [0.1, 0.15) is 32.6 Å². The first-order valence-electron chi connectivity index (χ1n) is 5.90. The van der Waals surface area contributed by atoms with Crippen LogP contribution in [0, 0.1) is 5.92 Å². The van der Waals surface area contributed by atoms with Gasteiger partial charge in [0.25, 0.3) is 0 Å². The quantitative estimate of drug-likeness (QED) is 0.211. The van der Waals surface area contributed by atoms with Crippen LogP contribution in [0.3, 0.4) is 0 Å². The lowest BCUT2D eigenvalue weighted by molar-refractivity contribution is -0.145. The van der Waals surface area contributed by atoms with Crippen molar-refractivity contribution in [3.63, 3.8) is 0 Å². The molecule has 0 spiro atoms. The Morgan fingerprint density at radius 1 is 0.850 bits per heavy atom. The molecule has 0 amide bonds. The zero-order valence-electron chi connectivity index (χ0n) is 10.8. The first-order valence-corrected chi connectivity index (χ1v) is 5.90. The molecule has 0 rings (SSSR count). The van der Waals surface area contributed by atoms with Gasteiger partial charge in [0.2, 0.25) is 0 Å². The minimum absolute atomic E-state index is 0.130. The van der Waals surface area contributed by atoms with Gasteiger partial charge in [-0.3, -0.25) is 4.79 Å².